The maximum Gasteiger partial charge on any atom is 0.145 e. The monoisotopic (exact) mass is 332 g/mol. The van der Waals surface area contributed by atoms with Crippen molar-refractivity contribution in [2.75, 3.05) is 26.2 Å². The molecule has 0 spiro atoms. The Morgan fingerprint density at radius 1 is 1.32 bits per heavy atom. The lowest BCUT2D eigenvalue weighted by molar-refractivity contribution is 0.158. The molecule has 1 aromatic rings. The molecule has 1 aromatic carbocycles. The molecule has 0 bridgehead atoms. The third-order valence-corrected chi connectivity index (χ3v) is 4.18. The summed E-state index contributed by atoms with van der Waals surface area (Å²) in [4.78, 5) is 2.17. The molecule has 2 nitrogen and oxygen atoms in total. The largest absolute Gasteiger partial charge is 0.314 e. The molecular formula is C14H19BrF2N2. The van der Waals surface area contributed by atoms with Crippen molar-refractivity contribution in [3.63, 3.8) is 0 Å². The lowest BCUT2D eigenvalue weighted by atomic mass is 9.98. The van der Waals surface area contributed by atoms with Gasteiger partial charge in [-0.15, -0.1) is 0 Å². The Hall–Kier alpha value is -0.520. The number of hydrogen-bond donors (Lipinski definition) is 1. The number of piperazine rings is 1. The van der Waals surface area contributed by atoms with E-state index in [9.17, 15) is 8.78 Å². The van der Waals surface area contributed by atoms with E-state index >= 15 is 0 Å². The zero-order valence-corrected chi connectivity index (χ0v) is 12.6. The Kier molecular flexibility index (Phi) is 5.30. The highest BCUT2D eigenvalue weighted by Crippen LogP contribution is 2.33. The number of nitrogens with zero attached hydrogens (tertiary/aromatic N) is 1. The van der Waals surface area contributed by atoms with Crippen LogP contribution < -0.4 is 5.32 Å². The molecule has 19 heavy (non-hydrogen) atoms. The van der Waals surface area contributed by atoms with E-state index in [0.717, 1.165) is 39.0 Å². The minimum Gasteiger partial charge on any atom is -0.314 e. The van der Waals surface area contributed by atoms with Crippen molar-refractivity contribution >= 4 is 15.9 Å². The van der Waals surface area contributed by atoms with Crippen molar-refractivity contribution in [2.24, 2.45) is 0 Å². The average molecular weight is 333 g/mol. The van der Waals surface area contributed by atoms with E-state index in [0.29, 0.717) is 4.47 Å². The molecule has 106 valence electrons. The summed E-state index contributed by atoms with van der Waals surface area (Å²) in [6.45, 7) is 5.45. The molecule has 0 amide bonds. The van der Waals surface area contributed by atoms with Crippen LogP contribution in [0.3, 0.4) is 0 Å². The lowest BCUT2D eigenvalue weighted by Gasteiger charge is -2.35. The zero-order chi connectivity index (χ0) is 13.8. The molecule has 0 unspecified atom stereocenters. The molecular weight excluding hydrogens is 314 g/mol. The van der Waals surface area contributed by atoms with Gasteiger partial charge in [0.15, 0.2) is 0 Å². The molecule has 0 radical (unpaired) electrons. The fraction of sp³-hybridized carbons (Fsp3) is 0.571. The van der Waals surface area contributed by atoms with Gasteiger partial charge in [-0.3, -0.25) is 4.90 Å². The SMILES string of the molecule is CCC[C@@H](c1c(F)ccc(Br)c1F)N1CCNCC1. The van der Waals surface area contributed by atoms with E-state index in [1.54, 1.807) is 0 Å². The first-order valence-electron chi connectivity index (χ1n) is 6.73. The van der Waals surface area contributed by atoms with Crippen LogP contribution in [0.5, 0.6) is 0 Å². The Morgan fingerprint density at radius 3 is 2.63 bits per heavy atom. The number of rotatable bonds is 4. The Morgan fingerprint density at radius 2 is 2.00 bits per heavy atom. The summed E-state index contributed by atoms with van der Waals surface area (Å²) in [5.41, 5.74) is 0.207. The standard InChI is InChI=1S/C14H19BrF2N2/c1-2-3-12(19-8-6-18-7-9-19)13-11(16)5-4-10(15)14(13)17/h4-5,12,18H,2-3,6-9H2,1H3/t12-/m0/s1. The summed E-state index contributed by atoms with van der Waals surface area (Å²) >= 11 is 3.15. The van der Waals surface area contributed by atoms with Gasteiger partial charge < -0.3 is 5.32 Å². The fourth-order valence-corrected chi connectivity index (χ4v) is 2.97. The Bertz CT molecular complexity index is 434. The van der Waals surface area contributed by atoms with Gasteiger partial charge >= 0.3 is 0 Å². The van der Waals surface area contributed by atoms with Gasteiger partial charge in [-0.05, 0) is 34.5 Å². The van der Waals surface area contributed by atoms with E-state index < -0.39 is 11.6 Å². The molecule has 1 N–H and O–H groups in total. The predicted octanol–water partition coefficient (Wildman–Crippen LogP) is 3.47. The summed E-state index contributed by atoms with van der Waals surface area (Å²) in [6.07, 6.45) is 1.67. The molecule has 1 heterocycles. The van der Waals surface area contributed by atoms with Crippen LogP contribution in [0.15, 0.2) is 16.6 Å². The van der Waals surface area contributed by atoms with E-state index in [1.807, 2.05) is 6.92 Å². The zero-order valence-electron chi connectivity index (χ0n) is 11.1. The summed E-state index contributed by atoms with van der Waals surface area (Å²) in [5.74, 6) is -0.908. The number of nitrogens with one attached hydrogen (secondary N) is 1. The van der Waals surface area contributed by atoms with Crippen molar-refractivity contribution in [1.82, 2.24) is 10.2 Å². The summed E-state index contributed by atoms with van der Waals surface area (Å²) in [5, 5.41) is 3.27. The second-order valence-corrected chi connectivity index (χ2v) is 5.70. The van der Waals surface area contributed by atoms with Crippen LogP contribution in [-0.2, 0) is 0 Å². The first kappa shape index (κ1) is 14.9. The normalized spacial score (nSPS) is 18.5. The molecule has 0 aliphatic carbocycles. The lowest BCUT2D eigenvalue weighted by Crippen LogP contribution is -2.45. The Balaban J connectivity index is 2.35. The minimum atomic E-state index is -0.461. The molecule has 0 saturated carbocycles. The second-order valence-electron chi connectivity index (χ2n) is 4.85. The van der Waals surface area contributed by atoms with Gasteiger partial charge in [-0.2, -0.15) is 0 Å². The molecule has 2 rings (SSSR count). The quantitative estimate of drug-likeness (QED) is 0.849. The third kappa shape index (κ3) is 3.33. The molecule has 0 aromatic heterocycles. The van der Waals surface area contributed by atoms with Gasteiger partial charge in [0.1, 0.15) is 11.6 Å². The second kappa shape index (κ2) is 6.77. The highest BCUT2D eigenvalue weighted by Gasteiger charge is 2.27. The number of halogens is 3. The molecule has 1 aliphatic heterocycles. The van der Waals surface area contributed by atoms with Gasteiger partial charge in [0, 0.05) is 37.8 Å². The molecule has 5 heteroatoms. The van der Waals surface area contributed by atoms with Gasteiger partial charge in [0.2, 0.25) is 0 Å². The first-order valence-corrected chi connectivity index (χ1v) is 7.52. The van der Waals surface area contributed by atoms with Crippen molar-refractivity contribution in [2.45, 2.75) is 25.8 Å². The maximum absolute atomic E-state index is 14.3. The van der Waals surface area contributed by atoms with Crippen molar-refractivity contribution in [1.29, 1.82) is 0 Å². The highest BCUT2D eigenvalue weighted by atomic mass is 79.9. The molecule has 1 fully saturated rings. The average Bonchev–Trinajstić information content (AvgIpc) is 2.43. The van der Waals surface area contributed by atoms with Crippen LogP contribution in [0.4, 0.5) is 8.78 Å². The van der Waals surface area contributed by atoms with Crippen LogP contribution >= 0.6 is 15.9 Å². The van der Waals surface area contributed by atoms with Crippen molar-refractivity contribution < 1.29 is 8.78 Å². The van der Waals surface area contributed by atoms with E-state index in [4.69, 9.17) is 0 Å². The van der Waals surface area contributed by atoms with Crippen LogP contribution in [-0.4, -0.2) is 31.1 Å². The van der Waals surface area contributed by atoms with Gasteiger partial charge in [0.05, 0.1) is 4.47 Å². The van der Waals surface area contributed by atoms with Gasteiger partial charge in [0.25, 0.3) is 0 Å². The highest BCUT2D eigenvalue weighted by molar-refractivity contribution is 9.10. The molecule has 1 saturated heterocycles. The van der Waals surface area contributed by atoms with Crippen LogP contribution in [0.1, 0.15) is 31.4 Å². The minimum absolute atomic E-state index is 0.176. The van der Waals surface area contributed by atoms with Crippen LogP contribution in [0.2, 0.25) is 0 Å². The smallest absolute Gasteiger partial charge is 0.145 e. The van der Waals surface area contributed by atoms with E-state index in [2.05, 4.69) is 26.1 Å². The van der Waals surface area contributed by atoms with Crippen LogP contribution in [0, 0.1) is 11.6 Å². The summed E-state index contributed by atoms with van der Waals surface area (Å²) in [6, 6.07) is 2.59. The van der Waals surface area contributed by atoms with E-state index in [1.165, 1.54) is 12.1 Å². The number of hydrogen-bond acceptors (Lipinski definition) is 2. The first-order chi connectivity index (χ1) is 9.15. The molecule has 1 atom stereocenters. The van der Waals surface area contributed by atoms with Gasteiger partial charge in [-0.1, -0.05) is 13.3 Å². The number of benzene rings is 1. The summed E-state index contributed by atoms with van der Waals surface area (Å²) < 4.78 is 28.7. The maximum atomic E-state index is 14.3. The van der Waals surface area contributed by atoms with Crippen LogP contribution in [0.25, 0.3) is 0 Å². The van der Waals surface area contributed by atoms with Crippen molar-refractivity contribution in [3.8, 4) is 0 Å². The van der Waals surface area contributed by atoms with Gasteiger partial charge in [-0.25, -0.2) is 8.78 Å². The fourth-order valence-electron chi connectivity index (χ4n) is 2.62. The molecule has 1 aliphatic rings. The third-order valence-electron chi connectivity index (χ3n) is 3.57. The summed E-state index contributed by atoms with van der Waals surface area (Å²) in [7, 11) is 0. The van der Waals surface area contributed by atoms with Crippen molar-refractivity contribution in [3.05, 3.63) is 33.8 Å². The van der Waals surface area contributed by atoms with E-state index in [-0.39, 0.29) is 11.6 Å². The topological polar surface area (TPSA) is 15.3 Å². The predicted molar refractivity (Wildman–Crippen MR) is 76.1 cm³/mol. The Labute approximate surface area is 121 Å².